The molecule has 0 fully saturated rings. The zero-order chi connectivity index (χ0) is 13.1. The largest absolute Gasteiger partial charge is 0.467 e. The van der Waals surface area contributed by atoms with Gasteiger partial charge in [0.1, 0.15) is 5.76 Å². The second kappa shape index (κ2) is 5.76. The molecule has 0 aliphatic rings. The first-order chi connectivity index (χ1) is 8.61. The van der Waals surface area contributed by atoms with Crippen LogP contribution in [0.25, 0.3) is 0 Å². The standard InChI is InChI=1S/C13H14Cl2N2O/c1-8-4-5-18-13(8)12(17-16)7-9-2-3-10(14)11(15)6-9/h2-6,12,17H,7,16H2,1H3. The highest BCUT2D eigenvalue weighted by molar-refractivity contribution is 6.42. The number of halogens is 2. The van der Waals surface area contributed by atoms with Crippen LogP contribution >= 0.6 is 23.2 Å². The molecular weight excluding hydrogens is 271 g/mol. The van der Waals surface area contributed by atoms with Crippen molar-refractivity contribution in [1.82, 2.24) is 5.43 Å². The quantitative estimate of drug-likeness (QED) is 0.666. The molecule has 18 heavy (non-hydrogen) atoms. The Kier molecular flexibility index (Phi) is 4.30. The summed E-state index contributed by atoms with van der Waals surface area (Å²) in [6, 6.07) is 7.37. The monoisotopic (exact) mass is 284 g/mol. The van der Waals surface area contributed by atoms with E-state index in [1.807, 2.05) is 25.1 Å². The Morgan fingerprint density at radius 3 is 2.61 bits per heavy atom. The van der Waals surface area contributed by atoms with E-state index >= 15 is 0 Å². The number of aryl methyl sites for hydroxylation is 1. The summed E-state index contributed by atoms with van der Waals surface area (Å²) >= 11 is 11.9. The number of hydrazine groups is 1. The number of hydrogen-bond acceptors (Lipinski definition) is 3. The SMILES string of the molecule is Cc1ccoc1C(Cc1ccc(Cl)c(Cl)c1)NN. The molecular formula is C13H14Cl2N2O. The molecule has 0 aliphatic carbocycles. The molecule has 0 amide bonds. The first kappa shape index (κ1) is 13.4. The van der Waals surface area contributed by atoms with E-state index in [4.69, 9.17) is 33.5 Å². The van der Waals surface area contributed by atoms with E-state index in [0.717, 1.165) is 16.9 Å². The first-order valence-corrected chi connectivity index (χ1v) is 6.31. The maximum atomic E-state index is 5.99. The van der Waals surface area contributed by atoms with Crippen molar-refractivity contribution in [3.63, 3.8) is 0 Å². The molecule has 3 nitrogen and oxygen atoms in total. The Morgan fingerprint density at radius 2 is 2.06 bits per heavy atom. The Bertz CT molecular complexity index is 540. The first-order valence-electron chi connectivity index (χ1n) is 5.56. The molecule has 1 unspecified atom stereocenters. The Hall–Kier alpha value is -1.00. The summed E-state index contributed by atoms with van der Waals surface area (Å²) in [5.41, 5.74) is 4.87. The highest BCUT2D eigenvalue weighted by Gasteiger charge is 2.16. The zero-order valence-electron chi connectivity index (χ0n) is 9.91. The van der Waals surface area contributed by atoms with Crippen molar-refractivity contribution in [2.24, 2.45) is 5.84 Å². The number of nitrogens with two attached hydrogens (primary N) is 1. The van der Waals surface area contributed by atoms with Gasteiger partial charge in [-0.1, -0.05) is 29.3 Å². The third-order valence-electron chi connectivity index (χ3n) is 2.84. The van der Waals surface area contributed by atoms with Gasteiger partial charge in [0.05, 0.1) is 22.4 Å². The molecule has 0 bridgehead atoms. The molecule has 3 N–H and O–H groups in total. The minimum atomic E-state index is -0.0859. The average Bonchev–Trinajstić information content (AvgIpc) is 2.77. The van der Waals surface area contributed by atoms with Crippen LogP contribution in [0.4, 0.5) is 0 Å². The summed E-state index contributed by atoms with van der Waals surface area (Å²) in [5.74, 6) is 6.42. The fourth-order valence-electron chi connectivity index (χ4n) is 1.87. The van der Waals surface area contributed by atoms with Crippen molar-refractivity contribution < 1.29 is 4.42 Å². The number of furan rings is 1. The van der Waals surface area contributed by atoms with E-state index < -0.39 is 0 Å². The predicted molar refractivity (Wildman–Crippen MR) is 73.7 cm³/mol. The molecule has 0 saturated heterocycles. The van der Waals surface area contributed by atoms with Crippen LogP contribution in [0.15, 0.2) is 34.9 Å². The molecule has 0 spiro atoms. The summed E-state index contributed by atoms with van der Waals surface area (Å²) in [7, 11) is 0. The van der Waals surface area contributed by atoms with Crippen molar-refractivity contribution in [2.45, 2.75) is 19.4 Å². The van der Waals surface area contributed by atoms with Crippen molar-refractivity contribution in [2.75, 3.05) is 0 Å². The fraction of sp³-hybridized carbons (Fsp3) is 0.231. The number of benzene rings is 1. The maximum Gasteiger partial charge on any atom is 0.125 e. The van der Waals surface area contributed by atoms with Crippen LogP contribution in [0.3, 0.4) is 0 Å². The van der Waals surface area contributed by atoms with Gasteiger partial charge in [0.15, 0.2) is 0 Å². The number of nitrogens with one attached hydrogen (secondary N) is 1. The van der Waals surface area contributed by atoms with E-state index in [0.29, 0.717) is 16.5 Å². The third-order valence-corrected chi connectivity index (χ3v) is 3.58. The van der Waals surface area contributed by atoms with Gasteiger partial charge in [-0.05, 0) is 42.7 Å². The van der Waals surface area contributed by atoms with Crippen molar-refractivity contribution in [3.8, 4) is 0 Å². The van der Waals surface area contributed by atoms with Crippen LogP contribution in [-0.4, -0.2) is 0 Å². The Balaban J connectivity index is 2.20. The van der Waals surface area contributed by atoms with Gasteiger partial charge in [-0.25, -0.2) is 5.43 Å². The Morgan fingerprint density at radius 1 is 1.28 bits per heavy atom. The van der Waals surface area contributed by atoms with Gasteiger partial charge in [-0.15, -0.1) is 0 Å². The molecule has 0 aliphatic heterocycles. The van der Waals surface area contributed by atoms with Crippen molar-refractivity contribution in [3.05, 3.63) is 57.5 Å². The van der Waals surface area contributed by atoms with E-state index in [9.17, 15) is 0 Å². The maximum absolute atomic E-state index is 5.99. The van der Waals surface area contributed by atoms with Gasteiger partial charge in [-0.2, -0.15) is 0 Å². The van der Waals surface area contributed by atoms with E-state index in [1.54, 1.807) is 12.3 Å². The van der Waals surface area contributed by atoms with Crippen molar-refractivity contribution >= 4 is 23.2 Å². The highest BCUT2D eigenvalue weighted by Crippen LogP contribution is 2.26. The average molecular weight is 285 g/mol. The van der Waals surface area contributed by atoms with Gasteiger partial charge < -0.3 is 4.42 Å². The van der Waals surface area contributed by atoms with Crippen LogP contribution in [-0.2, 0) is 6.42 Å². The molecule has 2 rings (SSSR count). The normalized spacial score (nSPS) is 12.7. The minimum Gasteiger partial charge on any atom is -0.467 e. The summed E-state index contributed by atoms with van der Waals surface area (Å²) < 4.78 is 5.44. The van der Waals surface area contributed by atoms with Crippen LogP contribution < -0.4 is 11.3 Å². The third kappa shape index (κ3) is 2.87. The lowest BCUT2D eigenvalue weighted by Gasteiger charge is -2.15. The smallest absolute Gasteiger partial charge is 0.125 e. The lowest BCUT2D eigenvalue weighted by molar-refractivity contribution is 0.413. The topological polar surface area (TPSA) is 51.2 Å². The molecule has 1 aromatic heterocycles. The van der Waals surface area contributed by atoms with Gasteiger partial charge in [0, 0.05) is 0 Å². The molecule has 96 valence electrons. The number of rotatable bonds is 4. The lowest BCUT2D eigenvalue weighted by atomic mass is 10.0. The lowest BCUT2D eigenvalue weighted by Crippen LogP contribution is -2.29. The molecule has 5 heteroatoms. The van der Waals surface area contributed by atoms with Crippen LogP contribution in [0.2, 0.25) is 10.0 Å². The van der Waals surface area contributed by atoms with Gasteiger partial charge in [-0.3, -0.25) is 5.84 Å². The Labute approximate surface area is 116 Å². The molecule has 0 saturated carbocycles. The van der Waals surface area contributed by atoms with Crippen molar-refractivity contribution in [1.29, 1.82) is 0 Å². The van der Waals surface area contributed by atoms with Gasteiger partial charge in [0.2, 0.25) is 0 Å². The summed E-state index contributed by atoms with van der Waals surface area (Å²) in [4.78, 5) is 0. The molecule has 1 aromatic carbocycles. The summed E-state index contributed by atoms with van der Waals surface area (Å²) in [5, 5.41) is 1.09. The van der Waals surface area contributed by atoms with E-state index in [1.165, 1.54) is 0 Å². The zero-order valence-corrected chi connectivity index (χ0v) is 11.4. The predicted octanol–water partition coefficient (Wildman–Crippen LogP) is 3.64. The van der Waals surface area contributed by atoms with Gasteiger partial charge in [0.25, 0.3) is 0 Å². The molecule has 1 atom stereocenters. The molecule has 2 aromatic rings. The number of hydrogen-bond donors (Lipinski definition) is 2. The molecule has 1 heterocycles. The van der Waals surface area contributed by atoms with E-state index in [-0.39, 0.29) is 6.04 Å². The summed E-state index contributed by atoms with van der Waals surface area (Å²) in [6.45, 7) is 1.98. The molecule has 0 radical (unpaired) electrons. The second-order valence-corrected chi connectivity index (χ2v) is 4.95. The highest BCUT2D eigenvalue weighted by atomic mass is 35.5. The summed E-state index contributed by atoms with van der Waals surface area (Å²) in [6.07, 6.45) is 2.34. The van der Waals surface area contributed by atoms with E-state index in [2.05, 4.69) is 5.43 Å². The fourth-order valence-corrected chi connectivity index (χ4v) is 2.19. The van der Waals surface area contributed by atoms with Crippen LogP contribution in [0.5, 0.6) is 0 Å². The second-order valence-electron chi connectivity index (χ2n) is 4.14. The van der Waals surface area contributed by atoms with Crippen LogP contribution in [0.1, 0.15) is 22.9 Å². The van der Waals surface area contributed by atoms with Gasteiger partial charge >= 0.3 is 0 Å². The minimum absolute atomic E-state index is 0.0859. The van der Waals surface area contributed by atoms with Crippen LogP contribution in [0, 0.1) is 6.92 Å².